The van der Waals surface area contributed by atoms with Crippen molar-refractivity contribution in [3.63, 3.8) is 0 Å². The lowest BCUT2D eigenvalue weighted by Crippen LogP contribution is -2.17. The van der Waals surface area contributed by atoms with Gasteiger partial charge in [0.05, 0.1) is 12.5 Å². The predicted molar refractivity (Wildman–Crippen MR) is 60.6 cm³/mol. The van der Waals surface area contributed by atoms with E-state index in [1.165, 1.54) is 6.07 Å². The molecule has 0 amide bonds. The van der Waals surface area contributed by atoms with Crippen LogP contribution in [0.4, 0.5) is 8.78 Å². The molecule has 0 saturated heterocycles. The monoisotopic (exact) mass is 242 g/mol. The van der Waals surface area contributed by atoms with Gasteiger partial charge in [-0.1, -0.05) is 19.4 Å². The summed E-state index contributed by atoms with van der Waals surface area (Å²) in [6.45, 7) is 3.84. The second-order valence-electron chi connectivity index (χ2n) is 3.76. The van der Waals surface area contributed by atoms with Crippen LogP contribution in [0, 0.1) is 11.6 Å². The molecule has 4 heteroatoms. The van der Waals surface area contributed by atoms with Crippen LogP contribution in [0.25, 0.3) is 0 Å². The first kappa shape index (κ1) is 13.6. The van der Waals surface area contributed by atoms with Gasteiger partial charge in [0.25, 0.3) is 0 Å². The van der Waals surface area contributed by atoms with Gasteiger partial charge in [-0.15, -0.1) is 0 Å². The Balaban J connectivity index is 3.00. The minimum absolute atomic E-state index is 0.201. The first-order valence-electron chi connectivity index (χ1n) is 5.71. The summed E-state index contributed by atoms with van der Waals surface area (Å²) in [5, 5.41) is 0. The third kappa shape index (κ3) is 3.51. The van der Waals surface area contributed by atoms with Crippen LogP contribution >= 0.6 is 0 Å². The van der Waals surface area contributed by atoms with Crippen LogP contribution < -0.4 is 0 Å². The molecule has 1 unspecified atom stereocenters. The van der Waals surface area contributed by atoms with Crippen LogP contribution in [-0.2, 0) is 9.53 Å². The van der Waals surface area contributed by atoms with Crippen LogP contribution in [0.2, 0.25) is 0 Å². The third-order valence-corrected chi connectivity index (χ3v) is 2.49. The van der Waals surface area contributed by atoms with Crippen molar-refractivity contribution in [2.24, 2.45) is 0 Å². The summed E-state index contributed by atoms with van der Waals surface area (Å²) in [4.78, 5) is 11.7. The maximum absolute atomic E-state index is 13.6. The fraction of sp³-hybridized carbons (Fsp3) is 0.462. The molecule has 0 bridgehead atoms. The molecule has 1 aromatic rings. The molecule has 0 fully saturated rings. The summed E-state index contributed by atoms with van der Waals surface area (Å²) in [6, 6.07) is 3.25. The summed E-state index contributed by atoms with van der Waals surface area (Å²) in [5.74, 6) is -2.46. The van der Waals surface area contributed by atoms with Crippen LogP contribution in [0.5, 0.6) is 0 Å². The van der Waals surface area contributed by atoms with E-state index in [0.717, 1.165) is 18.6 Å². The first-order chi connectivity index (χ1) is 8.10. The molecule has 0 radical (unpaired) electrons. The molecule has 1 rings (SSSR count). The van der Waals surface area contributed by atoms with Gasteiger partial charge in [-0.05, 0) is 19.4 Å². The number of benzene rings is 1. The van der Waals surface area contributed by atoms with Gasteiger partial charge in [-0.25, -0.2) is 8.78 Å². The van der Waals surface area contributed by atoms with Gasteiger partial charge in [0.1, 0.15) is 11.6 Å². The number of carbonyl (C=O) groups excluding carboxylic acids is 1. The molecule has 0 aliphatic heterocycles. The fourth-order valence-corrected chi connectivity index (χ4v) is 1.72. The van der Waals surface area contributed by atoms with E-state index in [9.17, 15) is 13.6 Å². The molecule has 0 spiro atoms. The van der Waals surface area contributed by atoms with Crippen molar-refractivity contribution in [3.05, 3.63) is 35.4 Å². The molecule has 2 nitrogen and oxygen atoms in total. The lowest BCUT2D eigenvalue weighted by Gasteiger charge is -2.15. The Morgan fingerprint density at radius 2 is 2.06 bits per heavy atom. The molecular weight excluding hydrogens is 226 g/mol. The molecule has 0 N–H and O–H groups in total. The van der Waals surface area contributed by atoms with Gasteiger partial charge >= 0.3 is 5.97 Å². The minimum Gasteiger partial charge on any atom is -0.466 e. The van der Waals surface area contributed by atoms with Crippen molar-refractivity contribution >= 4 is 5.97 Å². The average molecular weight is 242 g/mol. The van der Waals surface area contributed by atoms with E-state index in [-0.39, 0.29) is 12.2 Å². The number of hydrogen-bond donors (Lipinski definition) is 0. The standard InChI is InChI=1S/C13H16F2O2/c1-3-5-11(13(16)17-4-2)10-7-6-9(14)8-12(10)15/h6-8,11H,3-5H2,1-2H3. The largest absolute Gasteiger partial charge is 0.466 e. The molecule has 94 valence electrons. The van der Waals surface area contributed by atoms with E-state index in [1.807, 2.05) is 6.92 Å². The van der Waals surface area contributed by atoms with E-state index in [4.69, 9.17) is 4.74 Å². The van der Waals surface area contributed by atoms with Gasteiger partial charge in [-0.2, -0.15) is 0 Å². The number of hydrogen-bond acceptors (Lipinski definition) is 2. The highest BCUT2D eigenvalue weighted by Crippen LogP contribution is 2.26. The smallest absolute Gasteiger partial charge is 0.313 e. The second-order valence-corrected chi connectivity index (χ2v) is 3.76. The maximum atomic E-state index is 13.6. The number of esters is 1. The SMILES string of the molecule is CCCC(C(=O)OCC)c1ccc(F)cc1F. The van der Waals surface area contributed by atoms with Crippen LogP contribution in [0.1, 0.15) is 38.2 Å². The van der Waals surface area contributed by atoms with Crippen molar-refractivity contribution in [1.82, 2.24) is 0 Å². The number of rotatable bonds is 5. The minimum atomic E-state index is -0.698. The normalized spacial score (nSPS) is 12.2. The molecule has 1 aromatic carbocycles. The second kappa shape index (κ2) is 6.33. The van der Waals surface area contributed by atoms with Gasteiger partial charge < -0.3 is 4.74 Å². The lowest BCUT2D eigenvalue weighted by atomic mass is 9.94. The van der Waals surface area contributed by atoms with Crippen molar-refractivity contribution in [3.8, 4) is 0 Å². The number of halogens is 2. The highest BCUT2D eigenvalue weighted by molar-refractivity contribution is 5.78. The molecule has 1 atom stereocenters. The molecule has 17 heavy (non-hydrogen) atoms. The van der Waals surface area contributed by atoms with Crippen molar-refractivity contribution in [2.45, 2.75) is 32.6 Å². The van der Waals surface area contributed by atoms with Crippen LogP contribution in [0.15, 0.2) is 18.2 Å². The quantitative estimate of drug-likeness (QED) is 0.739. The van der Waals surface area contributed by atoms with E-state index in [1.54, 1.807) is 6.92 Å². The predicted octanol–water partition coefficient (Wildman–Crippen LogP) is 3.41. The van der Waals surface area contributed by atoms with E-state index in [0.29, 0.717) is 6.42 Å². The van der Waals surface area contributed by atoms with Crippen molar-refractivity contribution < 1.29 is 18.3 Å². The van der Waals surface area contributed by atoms with Crippen LogP contribution in [0.3, 0.4) is 0 Å². The third-order valence-electron chi connectivity index (χ3n) is 2.49. The number of ether oxygens (including phenoxy) is 1. The molecule has 0 aromatic heterocycles. The maximum Gasteiger partial charge on any atom is 0.313 e. The average Bonchev–Trinajstić information content (AvgIpc) is 2.27. The summed E-state index contributed by atoms with van der Waals surface area (Å²) in [6.07, 6.45) is 1.21. The molecule has 0 aliphatic rings. The Morgan fingerprint density at radius 1 is 1.35 bits per heavy atom. The molecular formula is C13H16F2O2. The molecule has 0 heterocycles. The van der Waals surface area contributed by atoms with Crippen LogP contribution in [-0.4, -0.2) is 12.6 Å². The highest BCUT2D eigenvalue weighted by atomic mass is 19.1. The van der Waals surface area contributed by atoms with Gasteiger partial charge in [0.2, 0.25) is 0 Å². The fourth-order valence-electron chi connectivity index (χ4n) is 1.72. The van der Waals surface area contributed by atoms with Gasteiger partial charge in [0.15, 0.2) is 0 Å². The molecule has 0 saturated carbocycles. The van der Waals surface area contributed by atoms with E-state index >= 15 is 0 Å². The Bertz CT molecular complexity index is 391. The van der Waals surface area contributed by atoms with E-state index in [2.05, 4.69) is 0 Å². The van der Waals surface area contributed by atoms with E-state index < -0.39 is 23.5 Å². The Kier molecular flexibility index (Phi) is 5.07. The van der Waals surface area contributed by atoms with Gasteiger partial charge in [-0.3, -0.25) is 4.79 Å². The lowest BCUT2D eigenvalue weighted by molar-refractivity contribution is -0.145. The molecule has 0 aliphatic carbocycles. The zero-order valence-electron chi connectivity index (χ0n) is 10.0. The Labute approximate surface area is 99.6 Å². The summed E-state index contributed by atoms with van der Waals surface area (Å²) in [7, 11) is 0. The summed E-state index contributed by atoms with van der Waals surface area (Å²) >= 11 is 0. The summed E-state index contributed by atoms with van der Waals surface area (Å²) < 4.78 is 31.3. The summed E-state index contributed by atoms with van der Waals surface area (Å²) in [5.41, 5.74) is 0.201. The zero-order chi connectivity index (χ0) is 12.8. The topological polar surface area (TPSA) is 26.3 Å². The zero-order valence-corrected chi connectivity index (χ0v) is 10.0. The van der Waals surface area contributed by atoms with Crippen molar-refractivity contribution in [2.75, 3.05) is 6.61 Å². The Morgan fingerprint density at radius 3 is 2.59 bits per heavy atom. The number of carbonyl (C=O) groups is 1. The van der Waals surface area contributed by atoms with Crippen molar-refractivity contribution in [1.29, 1.82) is 0 Å². The Hall–Kier alpha value is -1.45. The highest BCUT2D eigenvalue weighted by Gasteiger charge is 2.24. The van der Waals surface area contributed by atoms with Gasteiger partial charge in [0, 0.05) is 11.6 Å². The first-order valence-corrected chi connectivity index (χ1v) is 5.71.